The number of carbonyl (C=O) groups is 1. The van der Waals surface area contributed by atoms with E-state index in [1.807, 2.05) is 0 Å². The smallest absolute Gasteiger partial charge is 0.264 e. The van der Waals surface area contributed by atoms with Crippen LogP contribution in [0.3, 0.4) is 0 Å². The molecule has 174 valence electrons. The van der Waals surface area contributed by atoms with Crippen molar-refractivity contribution in [1.82, 2.24) is 0 Å². The molecule has 0 aliphatic carbocycles. The molecular weight excluding hydrogens is 405 g/mol. The summed E-state index contributed by atoms with van der Waals surface area (Å²) in [7, 11) is -4.50. The summed E-state index contributed by atoms with van der Waals surface area (Å²) in [5.41, 5.74) is 5.00. The van der Waals surface area contributed by atoms with Crippen molar-refractivity contribution < 1.29 is 17.8 Å². The van der Waals surface area contributed by atoms with E-state index in [0.717, 1.165) is 0 Å². The molecule has 0 aromatic rings. The van der Waals surface area contributed by atoms with Gasteiger partial charge in [-0.3, -0.25) is 9.35 Å². The number of carbonyl (C=O) groups excluding carboxylic acids is 1. The lowest BCUT2D eigenvalue weighted by molar-refractivity contribution is -0.114. The fraction of sp³-hybridized carbons (Fsp3) is 0.864. The third-order valence-electron chi connectivity index (χ3n) is 5.17. The average molecular weight is 453 g/mol. The van der Waals surface area contributed by atoms with Crippen molar-refractivity contribution >= 4 is 23.3 Å². The van der Waals surface area contributed by atoms with Gasteiger partial charge in [0.15, 0.2) is 0 Å². The molecule has 0 aliphatic rings. The molecule has 0 fully saturated rings. The van der Waals surface area contributed by atoms with E-state index in [-0.39, 0.29) is 24.2 Å². The van der Waals surface area contributed by atoms with Gasteiger partial charge in [0, 0.05) is 12.8 Å². The number of amides is 1. The highest BCUT2D eigenvalue weighted by molar-refractivity contribution is 7.85. The van der Waals surface area contributed by atoms with Crippen molar-refractivity contribution in [2.75, 3.05) is 30.4 Å². The molecule has 0 aliphatic heterocycles. The number of unbranched alkanes of at least 4 members (excludes halogenated alkanes) is 4. The first-order valence-corrected chi connectivity index (χ1v) is 15.5. The molecule has 0 radical (unpaired) electrons. The summed E-state index contributed by atoms with van der Waals surface area (Å²) in [4.78, 5) is 10.4. The molecule has 0 aromatic carbocycles. The van der Waals surface area contributed by atoms with Crippen molar-refractivity contribution in [3.05, 3.63) is 12.2 Å². The summed E-state index contributed by atoms with van der Waals surface area (Å²) in [6, 6.07) is 0. The van der Waals surface area contributed by atoms with Gasteiger partial charge in [-0.2, -0.15) is 8.42 Å². The van der Waals surface area contributed by atoms with Crippen LogP contribution >= 0.6 is 7.26 Å². The summed E-state index contributed by atoms with van der Waals surface area (Å²) in [6.45, 7) is 12.7. The Morgan fingerprint density at radius 3 is 1.41 bits per heavy atom. The molecule has 0 saturated carbocycles. The monoisotopic (exact) mass is 452 g/mol. The molecule has 0 spiro atoms. The van der Waals surface area contributed by atoms with Crippen LogP contribution in [0, 0.1) is 0 Å². The second-order valence-electron chi connectivity index (χ2n) is 8.01. The van der Waals surface area contributed by atoms with Crippen molar-refractivity contribution in [1.29, 1.82) is 0 Å². The van der Waals surface area contributed by atoms with E-state index in [0.29, 0.717) is 0 Å². The molecule has 5 nitrogen and oxygen atoms in total. The van der Waals surface area contributed by atoms with Crippen LogP contribution < -0.4 is 5.73 Å². The molecule has 1 amide bonds. The van der Waals surface area contributed by atoms with Gasteiger partial charge in [0.05, 0.1) is 30.4 Å². The van der Waals surface area contributed by atoms with Gasteiger partial charge in [0.1, 0.15) is 0 Å². The third-order valence-corrected chi connectivity index (χ3v) is 11.0. The Hall–Kier alpha value is -0.450. The lowest BCUT2D eigenvalue weighted by Crippen LogP contribution is -2.14. The number of nitrogens with two attached hydrogens (primary N) is 1. The van der Waals surface area contributed by atoms with Gasteiger partial charge in [-0.25, -0.2) is 0 Å². The zero-order chi connectivity index (χ0) is 22.8. The Labute approximate surface area is 181 Å². The van der Waals surface area contributed by atoms with Crippen molar-refractivity contribution in [2.24, 2.45) is 5.73 Å². The Kier molecular flexibility index (Phi) is 19.4. The largest absolute Gasteiger partial charge is 0.366 e. The third kappa shape index (κ3) is 19.3. The average Bonchev–Trinajstić information content (AvgIpc) is 2.66. The highest BCUT2D eigenvalue weighted by Gasteiger charge is 2.34. The molecule has 3 N–H and O–H groups in total. The van der Waals surface area contributed by atoms with E-state index < -0.39 is 23.3 Å². The first kappa shape index (κ1) is 30.7. The zero-order valence-electron chi connectivity index (χ0n) is 19.4. The highest BCUT2D eigenvalue weighted by atomic mass is 32.2. The molecule has 29 heavy (non-hydrogen) atoms. The van der Waals surface area contributed by atoms with Crippen LogP contribution in [0.2, 0.25) is 0 Å². The minimum Gasteiger partial charge on any atom is -0.366 e. The SMILES string of the molecule is C=C(CCCS(=O)(=O)O)C(N)=O.CCCC[P+](CCCC)(CCCC)CCCC. The zero-order valence-corrected chi connectivity index (χ0v) is 21.1. The maximum atomic E-state index is 10.4. The van der Waals surface area contributed by atoms with E-state index in [9.17, 15) is 13.2 Å². The van der Waals surface area contributed by atoms with Gasteiger partial charge in [0.25, 0.3) is 10.1 Å². The van der Waals surface area contributed by atoms with E-state index >= 15 is 0 Å². The van der Waals surface area contributed by atoms with E-state index in [1.54, 1.807) is 24.6 Å². The molecule has 0 aromatic heterocycles. The molecule has 7 heteroatoms. The van der Waals surface area contributed by atoms with Crippen molar-refractivity contribution in [2.45, 2.75) is 91.9 Å². The fourth-order valence-corrected chi connectivity index (χ4v) is 9.04. The predicted molar refractivity (Wildman–Crippen MR) is 130 cm³/mol. The maximum Gasteiger partial charge on any atom is 0.264 e. The van der Waals surface area contributed by atoms with Gasteiger partial charge in [-0.05, 0) is 38.5 Å². The second-order valence-corrected chi connectivity index (χ2v) is 14.1. The highest BCUT2D eigenvalue weighted by Crippen LogP contribution is 2.61. The minimum atomic E-state index is -3.94. The van der Waals surface area contributed by atoms with Gasteiger partial charge in [-0.15, -0.1) is 0 Å². The quantitative estimate of drug-likeness (QED) is 0.163. The number of rotatable bonds is 17. The molecule has 0 unspecified atom stereocenters. The summed E-state index contributed by atoms with van der Waals surface area (Å²) in [5, 5.41) is 0. The lowest BCUT2D eigenvalue weighted by Gasteiger charge is -2.28. The van der Waals surface area contributed by atoms with Crippen LogP contribution in [-0.4, -0.2) is 49.3 Å². The van der Waals surface area contributed by atoms with Crippen LogP contribution in [-0.2, 0) is 14.9 Å². The maximum absolute atomic E-state index is 10.4. The van der Waals surface area contributed by atoms with Crippen LogP contribution in [0.5, 0.6) is 0 Å². The first-order chi connectivity index (χ1) is 13.6. The summed E-state index contributed by atoms with van der Waals surface area (Å²) in [6.07, 6.45) is 18.3. The fourth-order valence-electron chi connectivity index (χ4n) is 3.24. The van der Waals surface area contributed by atoms with Crippen molar-refractivity contribution in [3.63, 3.8) is 0 Å². The van der Waals surface area contributed by atoms with E-state index in [1.165, 1.54) is 51.4 Å². The Morgan fingerprint density at radius 1 is 0.828 bits per heavy atom. The Morgan fingerprint density at radius 2 is 1.17 bits per heavy atom. The molecular formula is C22H47NO4PS+. The van der Waals surface area contributed by atoms with Crippen LogP contribution in [0.4, 0.5) is 0 Å². The van der Waals surface area contributed by atoms with Gasteiger partial charge in [0.2, 0.25) is 5.91 Å². The van der Waals surface area contributed by atoms with E-state index in [2.05, 4.69) is 34.3 Å². The topological polar surface area (TPSA) is 97.5 Å². The van der Waals surface area contributed by atoms with E-state index in [4.69, 9.17) is 10.3 Å². The van der Waals surface area contributed by atoms with Gasteiger partial charge >= 0.3 is 0 Å². The Bertz CT molecular complexity index is 497. The molecule has 0 saturated heterocycles. The normalized spacial score (nSPS) is 11.6. The van der Waals surface area contributed by atoms with Crippen LogP contribution in [0.25, 0.3) is 0 Å². The number of hydrogen-bond acceptors (Lipinski definition) is 3. The van der Waals surface area contributed by atoms with Gasteiger partial charge < -0.3 is 5.73 Å². The van der Waals surface area contributed by atoms with Gasteiger partial charge in [-0.1, -0.05) is 60.0 Å². The molecule has 0 atom stereocenters. The first-order valence-electron chi connectivity index (χ1n) is 11.3. The van der Waals surface area contributed by atoms with Crippen LogP contribution in [0.15, 0.2) is 12.2 Å². The lowest BCUT2D eigenvalue weighted by atomic mass is 10.2. The Balaban J connectivity index is 0. The summed E-state index contributed by atoms with van der Waals surface area (Å²) in [5.74, 6) is -1.02. The molecule has 0 rings (SSSR count). The predicted octanol–water partition coefficient (Wildman–Crippen LogP) is 5.90. The van der Waals surface area contributed by atoms with Crippen molar-refractivity contribution in [3.8, 4) is 0 Å². The van der Waals surface area contributed by atoms with Crippen LogP contribution in [0.1, 0.15) is 91.9 Å². The molecule has 0 bridgehead atoms. The minimum absolute atomic E-state index is 0.153. The summed E-state index contributed by atoms with van der Waals surface area (Å²) < 4.78 is 28.7. The number of hydrogen-bond donors (Lipinski definition) is 2. The number of primary amides is 1. The second kappa shape index (κ2) is 18.3. The molecule has 0 heterocycles. The standard InChI is InChI=1S/C16H36P.C6H11NO4S/c1-5-9-13-17(14-10-6-2,15-11-7-3)16-12-8-4;1-5(6(7)8)3-2-4-12(9,10)11/h5-16H2,1-4H3;1-4H2,(H2,7,8)(H,9,10,11)/q+1;. The summed E-state index contributed by atoms with van der Waals surface area (Å²) >= 11 is 0.